The predicted octanol–water partition coefficient (Wildman–Crippen LogP) is 10.6. The van der Waals surface area contributed by atoms with E-state index in [1.807, 2.05) is 24.3 Å². The first kappa shape index (κ1) is 35.5. The molecular formula is C36H52O6. The molecule has 2 radical (unpaired) electrons. The zero-order chi connectivity index (χ0) is 30.6. The van der Waals surface area contributed by atoms with Crippen molar-refractivity contribution in [3.05, 3.63) is 84.0 Å². The Morgan fingerprint density at radius 2 is 0.857 bits per heavy atom. The average Bonchev–Trinajstić information content (AvgIpc) is 3.00. The second-order valence-electron chi connectivity index (χ2n) is 11.7. The molecule has 6 nitrogen and oxygen atoms in total. The summed E-state index contributed by atoms with van der Waals surface area (Å²) in [6.07, 6.45) is 15.7. The van der Waals surface area contributed by atoms with Crippen molar-refractivity contribution in [1.29, 1.82) is 0 Å². The molecule has 0 aliphatic carbocycles. The summed E-state index contributed by atoms with van der Waals surface area (Å²) in [5.41, 5.74) is 2.96. The third kappa shape index (κ3) is 14.5. The molecule has 0 aliphatic heterocycles. The van der Waals surface area contributed by atoms with E-state index in [0.717, 1.165) is 36.8 Å². The summed E-state index contributed by atoms with van der Waals surface area (Å²) in [4.78, 5) is 45.6. The first-order chi connectivity index (χ1) is 20.3. The van der Waals surface area contributed by atoms with Crippen molar-refractivity contribution in [3.8, 4) is 0 Å². The fraction of sp³-hybridized carbons (Fsp3) is 0.556. The summed E-state index contributed by atoms with van der Waals surface area (Å²) < 4.78 is 0. The summed E-state index contributed by atoms with van der Waals surface area (Å²) in [5, 5.41) is 0. The van der Waals surface area contributed by atoms with Gasteiger partial charge in [0.25, 0.3) is 0 Å². The second-order valence-corrected chi connectivity index (χ2v) is 11.7. The third-order valence-electron chi connectivity index (χ3n) is 7.43. The number of rotatable bonds is 22. The Kier molecular flexibility index (Phi) is 17.8. The van der Waals surface area contributed by atoms with Crippen LogP contribution >= 0.6 is 0 Å². The zero-order valence-corrected chi connectivity index (χ0v) is 26.3. The van der Waals surface area contributed by atoms with Gasteiger partial charge in [0.1, 0.15) is 0 Å². The summed E-state index contributed by atoms with van der Waals surface area (Å²) in [6, 6.07) is 14.4. The predicted molar refractivity (Wildman–Crippen MR) is 167 cm³/mol. The lowest BCUT2D eigenvalue weighted by Crippen LogP contribution is -2.16. The molecule has 42 heavy (non-hydrogen) atoms. The monoisotopic (exact) mass is 580 g/mol. The van der Waals surface area contributed by atoms with Gasteiger partial charge in [-0.2, -0.15) is 0 Å². The fourth-order valence-electron chi connectivity index (χ4n) is 4.58. The summed E-state index contributed by atoms with van der Waals surface area (Å²) >= 11 is 0. The molecule has 2 rings (SSSR count). The Morgan fingerprint density at radius 1 is 0.524 bits per heavy atom. The van der Waals surface area contributed by atoms with E-state index >= 15 is 0 Å². The largest absolute Gasteiger partial charge is 0.373 e. The molecule has 0 atom stereocenters. The molecule has 0 spiro atoms. The Bertz CT molecular complexity index is 929. The van der Waals surface area contributed by atoms with Gasteiger partial charge in [-0.25, -0.2) is 9.59 Å². The van der Waals surface area contributed by atoms with E-state index in [0.29, 0.717) is 29.4 Å². The van der Waals surface area contributed by atoms with Gasteiger partial charge in [-0.05, 0) is 53.6 Å². The van der Waals surface area contributed by atoms with Crippen LogP contribution in [0, 0.1) is 13.2 Å². The Balaban J connectivity index is 1.77. The summed E-state index contributed by atoms with van der Waals surface area (Å²) in [6.45, 7) is 12.2. The normalized spacial score (nSPS) is 11.4. The van der Waals surface area contributed by atoms with Crippen molar-refractivity contribution >= 4 is 11.9 Å². The van der Waals surface area contributed by atoms with Crippen molar-refractivity contribution in [2.75, 3.05) is 0 Å². The first-order valence-corrected chi connectivity index (χ1v) is 15.9. The van der Waals surface area contributed by atoms with E-state index in [1.165, 1.54) is 57.8 Å². The van der Waals surface area contributed by atoms with Gasteiger partial charge in [-0.1, -0.05) is 136 Å². The molecule has 6 heteroatoms. The van der Waals surface area contributed by atoms with Crippen LogP contribution in [0.1, 0.15) is 161 Å². The smallest absolute Gasteiger partial charge is 0.289 e. The van der Waals surface area contributed by atoms with Crippen molar-refractivity contribution in [2.24, 2.45) is 0 Å². The van der Waals surface area contributed by atoms with Crippen molar-refractivity contribution in [1.82, 2.24) is 0 Å². The molecule has 0 unspecified atom stereocenters. The highest BCUT2D eigenvalue weighted by molar-refractivity contribution is 5.89. The molecule has 0 bridgehead atoms. The van der Waals surface area contributed by atoms with Gasteiger partial charge < -0.3 is 0 Å². The maximum Gasteiger partial charge on any atom is 0.373 e. The highest BCUT2D eigenvalue weighted by atomic mass is 17.3. The minimum absolute atomic E-state index is 0.0619. The quantitative estimate of drug-likeness (QED) is 0.0784. The fourth-order valence-corrected chi connectivity index (χ4v) is 4.58. The highest BCUT2D eigenvalue weighted by Gasteiger charge is 2.22. The summed E-state index contributed by atoms with van der Waals surface area (Å²) in [7, 11) is 0. The maximum absolute atomic E-state index is 12.5. The van der Waals surface area contributed by atoms with E-state index < -0.39 is 11.9 Å². The molecule has 0 saturated heterocycles. The molecule has 0 amide bonds. The SMILES string of the molecule is [CH2]CCCCCCCCCCCCCC[C](OOC(=O)c1ccc(C(C)C)cc1)OOC(=O)c1ccc(C(C)C)cc1. The molecule has 0 heterocycles. The Labute approximate surface area is 254 Å². The van der Waals surface area contributed by atoms with E-state index in [-0.39, 0.29) is 6.29 Å². The molecule has 2 aromatic rings. The third-order valence-corrected chi connectivity index (χ3v) is 7.43. The molecule has 0 saturated carbocycles. The number of hydrogen-bond acceptors (Lipinski definition) is 6. The van der Waals surface area contributed by atoms with Crippen molar-refractivity contribution in [3.63, 3.8) is 0 Å². The number of carbonyl (C=O) groups excluding carboxylic acids is 2. The molecule has 2 aromatic carbocycles. The van der Waals surface area contributed by atoms with Crippen LogP contribution in [0.15, 0.2) is 48.5 Å². The van der Waals surface area contributed by atoms with Gasteiger partial charge in [-0.3, -0.25) is 9.78 Å². The molecule has 0 aliphatic rings. The van der Waals surface area contributed by atoms with E-state index in [9.17, 15) is 9.59 Å². The van der Waals surface area contributed by atoms with E-state index in [1.54, 1.807) is 24.3 Å². The Hall–Kier alpha value is -2.70. The second kappa shape index (κ2) is 21.1. The topological polar surface area (TPSA) is 71.1 Å². The van der Waals surface area contributed by atoms with Gasteiger partial charge in [0.15, 0.2) is 0 Å². The van der Waals surface area contributed by atoms with Crippen molar-refractivity contribution < 1.29 is 29.1 Å². The van der Waals surface area contributed by atoms with Gasteiger partial charge in [0.2, 0.25) is 0 Å². The van der Waals surface area contributed by atoms with Crippen LogP contribution in [0.5, 0.6) is 0 Å². The van der Waals surface area contributed by atoms with Gasteiger partial charge >= 0.3 is 18.2 Å². The molecule has 232 valence electrons. The van der Waals surface area contributed by atoms with Crippen LogP contribution in [-0.2, 0) is 19.6 Å². The lowest BCUT2D eigenvalue weighted by atomic mass is 10.0. The zero-order valence-electron chi connectivity index (χ0n) is 26.3. The van der Waals surface area contributed by atoms with Crippen LogP contribution in [-0.4, -0.2) is 11.9 Å². The standard InChI is InChI=1S/C36H52O6/c1-6-7-8-9-10-11-12-13-14-15-16-17-18-19-34(39-41-35(37)32-24-20-30(21-25-32)28(2)3)40-42-36(38)33-26-22-31(23-27-33)29(4)5/h20-29H,1,6-19H2,2-5H3. The van der Waals surface area contributed by atoms with E-state index in [4.69, 9.17) is 19.6 Å². The van der Waals surface area contributed by atoms with Gasteiger partial charge in [-0.15, -0.1) is 9.78 Å². The maximum atomic E-state index is 12.5. The summed E-state index contributed by atoms with van der Waals surface area (Å²) in [5.74, 6) is -0.586. The molecule has 0 N–H and O–H groups in total. The lowest BCUT2D eigenvalue weighted by Gasteiger charge is -2.14. The number of unbranched alkanes of at least 4 members (excludes halogenated alkanes) is 12. The van der Waals surface area contributed by atoms with Crippen LogP contribution in [0.3, 0.4) is 0 Å². The van der Waals surface area contributed by atoms with Crippen LogP contribution in [0.4, 0.5) is 0 Å². The molecule has 0 aromatic heterocycles. The average molecular weight is 581 g/mol. The van der Waals surface area contributed by atoms with Crippen LogP contribution < -0.4 is 0 Å². The highest BCUT2D eigenvalue weighted by Crippen LogP contribution is 2.21. The van der Waals surface area contributed by atoms with Gasteiger partial charge in [0, 0.05) is 6.42 Å². The number of benzene rings is 2. The molecular weight excluding hydrogens is 528 g/mol. The van der Waals surface area contributed by atoms with Crippen molar-refractivity contribution in [2.45, 2.75) is 129 Å². The number of hydrogen-bond donors (Lipinski definition) is 0. The molecule has 0 fully saturated rings. The first-order valence-electron chi connectivity index (χ1n) is 15.9. The minimum Gasteiger partial charge on any atom is -0.289 e. The van der Waals surface area contributed by atoms with Gasteiger partial charge in [0.05, 0.1) is 11.1 Å². The van der Waals surface area contributed by atoms with E-state index in [2.05, 4.69) is 34.6 Å². The Morgan fingerprint density at radius 3 is 1.19 bits per heavy atom. The lowest BCUT2D eigenvalue weighted by molar-refractivity contribution is -0.363. The minimum atomic E-state index is -0.649. The van der Waals surface area contributed by atoms with Crippen LogP contribution in [0.25, 0.3) is 0 Å². The van der Waals surface area contributed by atoms with Crippen LogP contribution in [0.2, 0.25) is 0 Å². The number of carbonyl (C=O) groups is 2.